The molecular formula is C15H18O5S. The summed E-state index contributed by atoms with van der Waals surface area (Å²) in [6.07, 6.45) is 0. The Morgan fingerprint density at radius 2 is 1.71 bits per heavy atom. The predicted molar refractivity (Wildman–Crippen MR) is 79.0 cm³/mol. The average Bonchev–Trinajstić information content (AvgIpc) is 2.42. The molecule has 1 aromatic rings. The molecule has 0 aliphatic heterocycles. The molecule has 1 atom stereocenters. The van der Waals surface area contributed by atoms with Crippen LogP contribution in [0.4, 0.5) is 0 Å². The third kappa shape index (κ3) is 4.09. The molecule has 1 aromatic carbocycles. The van der Waals surface area contributed by atoms with E-state index in [4.69, 9.17) is 0 Å². The van der Waals surface area contributed by atoms with Gasteiger partial charge in [0.1, 0.15) is 5.57 Å². The van der Waals surface area contributed by atoms with Crippen LogP contribution in [0.3, 0.4) is 0 Å². The number of ether oxygens (including phenoxy) is 1. The van der Waals surface area contributed by atoms with Gasteiger partial charge in [0.25, 0.3) is 4.91 Å². The van der Waals surface area contributed by atoms with Crippen LogP contribution in [0.25, 0.3) is 0 Å². The summed E-state index contributed by atoms with van der Waals surface area (Å²) in [6.45, 7) is 4.92. The fourth-order valence-electron chi connectivity index (χ4n) is 1.78. The quantitative estimate of drug-likeness (QED) is 0.524. The lowest BCUT2D eigenvalue weighted by molar-refractivity contribution is -0.138. The third-order valence-electron chi connectivity index (χ3n) is 2.70. The van der Waals surface area contributed by atoms with E-state index >= 15 is 0 Å². The Balaban J connectivity index is 3.55. The molecule has 0 aliphatic rings. The van der Waals surface area contributed by atoms with Gasteiger partial charge in [0.2, 0.25) is 0 Å². The van der Waals surface area contributed by atoms with Crippen molar-refractivity contribution in [2.75, 3.05) is 7.11 Å². The normalized spacial score (nSPS) is 14.1. The van der Waals surface area contributed by atoms with Gasteiger partial charge in [0.15, 0.2) is 4.90 Å². The van der Waals surface area contributed by atoms with Crippen LogP contribution in [0.1, 0.15) is 20.8 Å². The second kappa shape index (κ2) is 6.78. The Morgan fingerprint density at radius 1 is 1.19 bits per heavy atom. The fourth-order valence-corrected chi connectivity index (χ4v) is 3.24. The molecule has 0 aromatic heterocycles. The minimum Gasteiger partial charge on any atom is -0.606 e. The van der Waals surface area contributed by atoms with Crippen molar-refractivity contribution in [3.63, 3.8) is 0 Å². The summed E-state index contributed by atoms with van der Waals surface area (Å²) in [5.74, 6) is -2.18. The number of benzene rings is 1. The monoisotopic (exact) mass is 310 g/mol. The lowest BCUT2D eigenvalue weighted by Crippen LogP contribution is -2.27. The van der Waals surface area contributed by atoms with Crippen molar-refractivity contribution in [2.24, 2.45) is 5.41 Å². The lowest BCUT2D eigenvalue weighted by atomic mass is 9.86. The molecule has 1 N–H and O–H groups in total. The van der Waals surface area contributed by atoms with E-state index in [-0.39, 0.29) is 10.5 Å². The second-order valence-electron chi connectivity index (χ2n) is 5.33. The van der Waals surface area contributed by atoms with Crippen LogP contribution in [0, 0.1) is 5.41 Å². The summed E-state index contributed by atoms with van der Waals surface area (Å²) in [5.41, 5.74) is -1.07. The van der Waals surface area contributed by atoms with E-state index in [1.807, 2.05) is 0 Å². The van der Waals surface area contributed by atoms with Crippen LogP contribution in [-0.4, -0.2) is 28.7 Å². The van der Waals surface area contributed by atoms with E-state index in [2.05, 4.69) is 4.74 Å². The van der Waals surface area contributed by atoms with Gasteiger partial charge in [-0.05, 0) is 17.5 Å². The molecule has 0 heterocycles. The number of hydrogen-bond acceptors (Lipinski definition) is 4. The Bertz CT molecular complexity index is 557. The molecule has 0 saturated carbocycles. The Morgan fingerprint density at radius 3 is 2.10 bits per heavy atom. The first kappa shape index (κ1) is 17.3. The summed E-state index contributed by atoms with van der Waals surface area (Å²) in [5, 5.41) is 9.42. The topological polar surface area (TPSA) is 86.7 Å². The highest BCUT2D eigenvalue weighted by atomic mass is 32.2. The highest BCUT2D eigenvalue weighted by molar-refractivity contribution is 7.96. The van der Waals surface area contributed by atoms with Crippen LogP contribution in [0.15, 0.2) is 45.7 Å². The van der Waals surface area contributed by atoms with E-state index in [1.165, 1.54) is 0 Å². The molecule has 0 radical (unpaired) electrons. The number of methoxy groups -OCH3 is 1. The maximum atomic E-state index is 12.6. The van der Waals surface area contributed by atoms with Crippen molar-refractivity contribution in [1.29, 1.82) is 0 Å². The van der Waals surface area contributed by atoms with Crippen LogP contribution in [0.2, 0.25) is 0 Å². The summed E-state index contributed by atoms with van der Waals surface area (Å²) >= 11 is -1.92. The largest absolute Gasteiger partial charge is 0.606 e. The van der Waals surface area contributed by atoms with Crippen LogP contribution >= 0.6 is 0 Å². The van der Waals surface area contributed by atoms with Crippen LogP contribution in [-0.2, 0) is 25.5 Å². The summed E-state index contributed by atoms with van der Waals surface area (Å²) in [4.78, 5) is 23.5. The van der Waals surface area contributed by atoms with E-state index in [9.17, 15) is 19.2 Å². The van der Waals surface area contributed by atoms with Crippen molar-refractivity contribution in [3.05, 3.63) is 40.8 Å². The molecule has 21 heavy (non-hydrogen) atoms. The van der Waals surface area contributed by atoms with Crippen molar-refractivity contribution < 1.29 is 24.0 Å². The highest BCUT2D eigenvalue weighted by Gasteiger charge is 2.39. The lowest BCUT2D eigenvalue weighted by Gasteiger charge is -2.22. The van der Waals surface area contributed by atoms with Gasteiger partial charge in [-0.15, -0.1) is 0 Å². The van der Waals surface area contributed by atoms with Gasteiger partial charge < -0.3 is 14.4 Å². The Kier molecular flexibility index (Phi) is 5.57. The number of carboxylic acids is 1. The van der Waals surface area contributed by atoms with Gasteiger partial charge in [-0.25, -0.2) is 9.59 Å². The molecule has 0 aliphatic carbocycles. The first-order chi connectivity index (χ1) is 9.70. The number of carboxylic acid groups (broad SMARTS) is 1. The number of hydrogen-bond donors (Lipinski definition) is 1. The average molecular weight is 310 g/mol. The zero-order chi connectivity index (χ0) is 16.2. The molecule has 0 amide bonds. The van der Waals surface area contributed by atoms with Gasteiger partial charge in [-0.3, -0.25) is 0 Å². The van der Waals surface area contributed by atoms with Gasteiger partial charge >= 0.3 is 11.9 Å². The number of aliphatic carboxylic acids is 1. The van der Waals surface area contributed by atoms with Crippen LogP contribution < -0.4 is 0 Å². The SMILES string of the molecule is COC(=O)C(=C(C(=O)O)C(C)(C)C)[S+]([O-])c1ccccc1. The Labute approximate surface area is 126 Å². The predicted octanol–water partition coefficient (Wildman–Crippen LogP) is 2.35. The number of carbonyl (C=O) groups is 2. The van der Waals surface area contributed by atoms with E-state index in [1.54, 1.807) is 51.1 Å². The summed E-state index contributed by atoms with van der Waals surface area (Å²) in [7, 11) is 1.13. The zero-order valence-corrected chi connectivity index (χ0v) is 13.2. The number of rotatable bonds is 4. The molecule has 1 rings (SSSR count). The zero-order valence-electron chi connectivity index (χ0n) is 12.4. The van der Waals surface area contributed by atoms with Gasteiger partial charge in [-0.2, -0.15) is 0 Å². The van der Waals surface area contributed by atoms with Crippen molar-refractivity contribution in [2.45, 2.75) is 25.7 Å². The highest BCUT2D eigenvalue weighted by Crippen LogP contribution is 2.33. The van der Waals surface area contributed by atoms with Crippen molar-refractivity contribution in [3.8, 4) is 0 Å². The van der Waals surface area contributed by atoms with Crippen molar-refractivity contribution >= 4 is 23.1 Å². The van der Waals surface area contributed by atoms with E-state index in [0.29, 0.717) is 4.90 Å². The number of carbonyl (C=O) groups excluding carboxylic acids is 1. The van der Waals surface area contributed by atoms with E-state index < -0.39 is 28.5 Å². The van der Waals surface area contributed by atoms with Gasteiger partial charge in [-0.1, -0.05) is 39.0 Å². The maximum Gasteiger partial charge on any atom is 0.387 e. The number of esters is 1. The molecule has 5 nitrogen and oxygen atoms in total. The molecule has 0 fully saturated rings. The summed E-state index contributed by atoms with van der Waals surface area (Å²) in [6, 6.07) is 8.21. The van der Waals surface area contributed by atoms with Gasteiger partial charge in [0.05, 0.1) is 7.11 Å². The third-order valence-corrected chi connectivity index (χ3v) is 4.15. The molecule has 0 spiro atoms. The first-order valence-electron chi connectivity index (χ1n) is 6.23. The maximum absolute atomic E-state index is 12.6. The van der Waals surface area contributed by atoms with Crippen LogP contribution in [0.5, 0.6) is 0 Å². The minimum absolute atomic E-state index is 0.212. The first-order valence-corrected chi connectivity index (χ1v) is 7.38. The molecule has 0 bridgehead atoms. The smallest absolute Gasteiger partial charge is 0.387 e. The standard InChI is InChI=1S/C15H18O5S/c1-15(2,3)11(13(16)17)12(14(18)20-4)21(19)10-8-6-5-7-9-10/h5-9H,1-4H3,(H,16,17). The van der Waals surface area contributed by atoms with E-state index in [0.717, 1.165) is 7.11 Å². The second-order valence-corrected chi connectivity index (χ2v) is 6.75. The molecule has 1 unspecified atom stereocenters. The van der Waals surface area contributed by atoms with Crippen molar-refractivity contribution in [1.82, 2.24) is 0 Å². The fraction of sp³-hybridized carbons (Fsp3) is 0.333. The molecule has 114 valence electrons. The molecular weight excluding hydrogens is 292 g/mol. The Hall–Kier alpha value is -1.79. The minimum atomic E-state index is -1.92. The van der Waals surface area contributed by atoms with Gasteiger partial charge in [0, 0.05) is 11.2 Å². The molecule has 6 heteroatoms. The summed E-state index contributed by atoms with van der Waals surface area (Å²) < 4.78 is 17.3. The molecule has 0 saturated heterocycles.